The van der Waals surface area contributed by atoms with E-state index in [1.54, 1.807) is 7.11 Å². The van der Waals surface area contributed by atoms with Crippen molar-refractivity contribution < 1.29 is 4.74 Å². The number of nitrogens with one attached hydrogen (secondary N) is 1. The number of hydrogen-bond donors (Lipinski definition) is 1. The van der Waals surface area contributed by atoms with E-state index in [9.17, 15) is 0 Å². The minimum Gasteiger partial charge on any atom is -0.496 e. The van der Waals surface area contributed by atoms with E-state index in [1.165, 1.54) is 5.56 Å². The molecule has 0 fully saturated rings. The lowest BCUT2D eigenvalue weighted by Crippen LogP contribution is -2.22. The van der Waals surface area contributed by atoms with E-state index < -0.39 is 0 Å². The Morgan fingerprint density at radius 2 is 1.75 bits per heavy atom. The molecule has 0 aromatic heterocycles. The van der Waals surface area contributed by atoms with Gasteiger partial charge in [0.1, 0.15) is 5.75 Å². The Hall–Kier alpha value is -1.51. The van der Waals surface area contributed by atoms with Crippen LogP contribution in [0.1, 0.15) is 37.1 Å². The normalized spacial score (nSPS) is 13.8. The average molecular weight is 290 g/mol. The Bertz CT molecular complexity index is 570. The smallest absolute Gasteiger partial charge is 0.123 e. The summed E-state index contributed by atoms with van der Waals surface area (Å²) in [4.78, 5) is 0. The standard InChI is InChI=1S/C17H20ClNO/c1-12(14-7-6-8-15(18)11-14)19-13(2)16-9-4-5-10-17(16)20-3/h4-13,19H,1-3H3. The lowest BCUT2D eigenvalue weighted by atomic mass is 10.0. The molecule has 0 spiro atoms. The zero-order chi connectivity index (χ0) is 14.5. The Balaban J connectivity index is 2.13. The molecule has 0 radical (unpaired) electrons. The van der Waals surface area contributed by atoms with Crippen molar-refractivity contribution in [3.63, 3.8) is 0 Å². The summed E-state index contributed by atoms with van der Waals surface area (Å²) in [6.07, 6.45) is 0. The van der Waals surface area contributed by atoms with Crippen LogP contribution in [0.15, 0.2) is 48.5 Å². The first-order valence-electron chi connectivity index (χ1n) is 6.76. The fourth-order valence-electron chi connectivity index (χ4n) is 2.36. The van der Waals surface area contributed by atoms with Crippen molar-refractivity contribution >= 4 is 11.6 Å². The van der Waals surface area contributed by atoms with Crippen molar-refractivity contribution in [2.45, 2.75) is 25.9 Å². The van der Waals surface area contributed by atoms with Gasteiger partial charge in [0.25, 0.3) is 0 Å². The minimum absolute atomic E-state index is 0.195. The van der Waals surface area contributed by atoms with Gasteiger partial charge in [0.2, 0.25) is 0 Å². The van der Waals surface area contributed by atoms with Crippen LogP contribution in [0, 0.1) is 0 Å². The number of ether oxygens (including phenoxy) is 1. The van der Waals surface area contributed by atoms with Gasteiger partial charge < -0.3 is 10.1 Å². The van der Waals surface area contributed by atoms with Crippen molar-refractivity contribution in [2.24, 2.45) is 0 Å². The van der Waals surface area contributed by atoms with Gasteiger partial charge in [0.05, 0.1) is 7.11 Å². The van der Waals surface area contributed by atoms with Crippen molar-refractivity contribution in [2.75, 3.05) is 7.11 Å². The third kappa shape index (κ3) is 3.53. The molecule has 3 heteroatoms. The third-order valence-corrected chi connectivity index (χ3v) is 3.69. The van der Waals surface area contributed by atoms with Gasteiger partial charge in [-0.3, -0.25) is 0 Å². The molecule has 2 unspecified atom stereocenters. The highest BCUT2D eigenvalue weighted by molar-refractivity contribution is 6.30. The largest absolute Gasteiger partial charge is 0.496 e. The maximum absolute atomic E-state index is 6.04. The van der Waals surface area contributed by atoms with Crippen LogP contribution in [-0.4, -0.2) is 7.11 Å². The molecule has 2 rings (SSSR count). The topological polar surface area (TPSA) is 21.3 Å². The van der Waals surface area contributed by atoms with Gasteiger partial charge in [0, 0.05) is 22.7 Å². The number of hydrogen-bond acceptors (Lipinski definition) is 2. The summed E-state index contributed by atoms with van der Waals surface area (Å²) in [6.45, 7) is 4.27. The monoisotopic (exact) mass is 289 g/mol. The van der Waals surface area contributed by atoms with Crippen molar-refractivity contribution in [3.8, 4) is 5.75 Å². The maximum atomic E-state index is 6.04. The fourth-order valence-corrected chi connectivity index (χ4v) is 2.56. The number of para-hydroxylation sites is 1. The summed E-state index contributed by atoms with van der Waals surface area (Å²) in [7, 11) is 1.70. The molecular weight excluding hydrogens is 270 g/mol. The molecule has 2 aromatic rings. The lowest BCUT2D eigenvalue weighted by Gasteiger charge is -2.22. The molecule has 0 saturated heterocycles. The van der Waals surface area contributed by atoms with Crippen LogP contribution in [-0.2, 0) is 0 Å². The molecular formula is C17H20ClNO. The van der Waals surface area contributed by atoms with Crippen molar-refractivity contribution in [3.05, 3.63) is 64.7 Å². The van der Waals surface area contributed by atoms with Gasteiger partial charge in [-0.15, -0.1) is 0 Å². The maximum Gasteiger partial charge on any atom is 0.123 e. The molecule has 0 saturated carbocycles. The van der Waals surface area contributed by atoms with Crippen LogP contribution in [0.3, 0.4) is 0 Å². The van der Waals surface area contributed by atoms with Gasteiger partial charge in [-0.05, 0) is 37.6 Å². The molecule has 2 atom stereocenters. The zero-order valence-corrected chi connectivity index (χ0v) is 12.8. The first kappa shape index (κ1) is 14.9. The molecule has 0 amide bonds. The first-order chi connectivity index (χ1) is 9.61. The Labute approximate surface area is 125 Å². The van der Waals surface area contributed by atoms with Crippen LogP contribution in [0.5, 0.6) is 5.75 Å². The van der Waals surface area contributed by atoms with Crippen molar-refractivity contribution in [1.82, 2.24) is 5.32 Å². The van der Waals surface area contributed by atoms with E-state index in [0.29, 0.717) is 0 Å². The summed E-state index contributed by atoms with van der Waals surface area (Å²) in [6, 6.07) is 16.4. The van der Waals surface area contributed by atoms with E-state index in [1.807, 2.05) is 36.4 Å². The van der Waals surface area contributed by atoms with E-state index in [-0.39, 0.29) is 12.1 Å². The van der Waals surface area contributed by atoms with E-state index in [0.717, 1.165) is 16.3 Å². The number of methoxy groups -OCH3 is 1. The predicted molar refractivity (Wildman–Crippen MR) is 84.4 cm³/mol. The van der Waals surface area contributed by atoms with Gasteiger partial charge in [-0.1, -0.05) is 41.9 Å². The quantitative estimate of drug-likeness (QED) is 0.857. The highest BCUT2D eigenvalue weighted by atomic mass is 35.5. The molecule has 2 nitrogen and oxygen atoms in total. The van der Waals surface area contributed by atoms with E-state index in [4.69, 9.17) is 16.3 Å². The minimum atomic E-state index is 0.195. The summed E-state index contributed by atoms with van der Waals surface area (Å²) in [5.41, 5.74) is 2.34. The molecule has 1 N–H and O–H groups in total. The number of halogens is 1. The SMILES string of the molecule is COc1ccccc1C(C)NC(C)c1cccc(Cl)c1. The summed E-state index contributed by atoms with van der Waals surface area (Å²) < 4.78 is 5.41. The Kier molecular flexibility index (Phi) is 5.05. The van der Waals surface area contributed by atoms with Gasteiger partial charge in [-0.25, -0.2) is 0 Å². The summed E-state index contributed by atoms with van der Waals surface area (Å²) in [5, 5.41) is 4.34. The van der Waals surface area contributed by atoms with Gasteiger partial charge in [0.15, 0.2) is 0 Å². The second kappa shape index (κ2) is 6.78. The molecule has 0 aliphatic carbocycles. The first-order valence-corrected chi connectivity index (χ1v) is 7.14. The second-order valence-electron chi connectivity index (χ2n) is 4.91. The fraction of sp³-hybridized carbons (Fsp3) is 0.294. The number of benzene rings is 2. The molecule has 2 aromatic carbocycles. The van der Waals surface area contributed by atoms with E-state index in [2.05, 4.69) is 31.3 Å². The highest BCUT2D eigenvalue weighted by Gasteiger charge is 2.14. The molecule has 0 aliphatic rings. The molecule has 0 aliphatic heterocycles. The molecule has 0 bridgehead atoms. The summed E-state index contributed by atoms with van der Waals surface area (Å²) >= 11 is 6.04. The summed E-state index contributed by atoms with van der Waals surface area (Å²) in [5.74, 6) is 0.908. The Morgan fingerprint density at radius 3 is 2.45 bits per heavy atom. The molecule has 106 valence electrons. The molecule has 20 heavy (non-hydrogen) atoms. The Morgan fingerprint density at radius 1 is 1.00 bits per heavy atom. The van der Waals surface area contributed by atoms with Crippen LogP contribution in [0.4, 0.5) is 0 Å². The number of rotatable bonds is 5. The van der Waals surface area contributed by atoms with Crippen molar-refractivity contribution in [1.29, 1.82) is 0 Å². The van der Waals surface area contributed by atoms with E-state index >= 15 is 0 Å². The van der Waals surface area contributed by atoms with Crippen LogP contribution < -0.4 is 10.1 Å². The van der Waals surface area contributed by atoms with Crippen LogP contribution in [0.25, 0.3) is 0 Å². The predicted octanol–water partition coefficient (Wildman–Crippen LogP) is 4.76. The highest BCUT2D eigenvalue weighted by Crippen LogP contribution is 2.27. The lowest BCUT2D eigenvalue weighted by molar-refractivity contribution is 0.396. The molecule has 0 heterocycles. The second-order valence-corrected chi connectivity index (χ2v) is 5.34. The third-order valence-electron chi connectivity index (χ3n) is 3.45. The van der Waals surface area contributed by atoms with Crippen LogP contribution >= 0.6 is 11.6 Å². The average Bonchev–Trinajstić information content (AvgIpc) is 2.47. The van der Waals surface area contributed by atoms with Gasteiger partial charge in [-0.2, -0.15) is 0 Å². The zero-order valence-electron chi connectivity index (χ0n) is 12.1. The van der Waals surface area contributed by atoms with Gasteiger partial charge >= 0.3 is 0 Å². The van der Waals surface area contributed by atoms with Crippen LogP contribution in [0.2, 0.25) is 5.02 Å².